The van der Waals surface area contributed by atoms with Crippen LogP contribution in [0.3, 0.4) is 0 Å². The van der Waals surface area contributed by atoms with Crippen molar-refractivity contribution in [2.75, 3.05) is 24.8 Å². The SMILES string of the molecule is N[C@@H](Cc1ccc([N+](C=O)(CCCl)CCCl)cc1)C(=O)NC1CCCC1CCC(O)(P(=O)(O)O)P(=O)(O)O.[NaH].[NaH].[NaH]. The summed E-state index contributed by atoms with van der Waals surface area (Å²) in [4.78, 5) is 62.0. The van der Waals surface area contributed by atoms with Gasteiger partial charge in [0.1, 0.15) is 18.8 Å². The normalized spacial score (nSPS) is 18.3. The third-order valence-corrected chi connectivity index (χ3v) is 11.4. The Hall–Kier alpha value is 2.12. The second kappa shape index (κ2) is 19.7. The molecule has 0 aromatic heterocycles. The Kier molecular flexibility index (Phi) is 21.7. The van der Waals surface area contributed by atoms with Gasteiger partial charge < -0.3 is 35.7 Å². The number of carbonyl (C=O) groups is 2. The molecule has 41 heavy (non-hydrogen) atoms. The zero-order chi connectivity index (χ0) is 28.8. The number of hydrogen-bond donors (Lipinski definition) is 7. The number of carbonyl (C=O) groups excluding carboxylic acids is 2. The van der Waals surface area contributed by atoms with Gasteiger partial charge in [-0.05, 0) is 49.3 Å². The molecule has 1 aromatic rings. The molecule has 8 N–H and O–H groups in total. The van der Waals surface area contributed by atoms with Crippen LogP contribution in [-0.2, 0) is 25.1 Å². The summed E-state index contributed by atoms with van der Waals surface area (Å²) in [6, 6.07) is 5.73. The molecule has 1 aliphatic carbocycles. The van der Waals surface area contributed by atoms with Crippen LogP contribution >= 0.6 is 38.4 Å². The van der Waals surface area contributed by atoms with E-state index >= 15 is 0 Å². The van der Waals surface area contributed by atoms with Crippen LogP contribution in [0.4, 0.5) is 5.69 Å². The summed E-state index contributed by atoms with van der Waals surface area (Å²) in [5.74, 6) is -0.271. The Morgan fingerprint density at radius 3 is 2.00 bits per heavy atom. The molecule has 2 rings (SSSR count). The number of benzene rings is 1. The number of aliphatic hydroxyl groups is 1. The van der Waals surface area contributed by atoms with Crippen LogP contribution in [0, 0.1) is 5.92 Å². The molecular formula is C22H39Cl2N3Na3O9P2+. The first-order valence-corrected chi connectivity index (χ1v) is 16.4. The fraction of sp³-hybridized carbons (Fsp3) is 0.636. The van der Waals surface area contributed by atoms with Crippen LogP contribution in [0.1, 0.15) is 37.7 Å². The van der Waals surface area contributed by atoms with E-state index in [0.29, 0.717) is 38.0 Å². The fourth-order valence-electron chi connectivity index (χ4n) is 4.82. The number of nitrogens with zero attached hydrogens (tertiary/aromatic N) is 1. The predicted molar refractivity (Wildman–Crippen MR) is 166 cm³/mol. The van der Waals surface area contributed by atoms with Crippen LogP contribution < -0.4 is 15.5 Å². The zero-order valence-electron chi connectivity index (χ0n) is 20.7. The van der Waals surface area contributed by atoms with E-state index in [1.54, 1.807) is 24.3 Å². The molecule has 0 spiro atoms. The number of hydrogen-bond acceptors (Lipinski definition) is 6. The summed E-state index contributed by atoms with van der Waals surface area (Å²) in [7, 11) is -11.1. The predicted octanol–water partition coefficient (Wildman–Crippen LogP) is -0.381. The molecule has 1 aromatic carbocycles. The van der Waals surface area contributed by atoms with Crippen LogP contribution in [0.15, 0.2) is 24.3 Å². The Bertz CT molecular complexity index is 1040. The van der Waals surface area contributed by atoms with Crippen molar-refractivity contribution < 1.29 is 43.4 Å². The Morgan fingerprint density at radius 1 is 1.05 bits per heavy atom. The third kappa shape index (κ3) is 12.0. The van der Waals surface area contributed by atoms with Crippen molar-refractivity contribution in [2.24, 2.45) is 11.7 Å². The van der Waals surface area contributed by atoms with Gasteiger partial charge in [-0.1, -0.05) is 18.6 Å². The molecule has 0 saturated heterocycles. The van der Waals surface area contributed by atoms with Crippen molar-refractivity contribution in [3.8, 4) is 0 Å². The number of halogens is 2. The first-order chi connectivity index (χ1) is 17.6. The Morgan fingerprint density at radius 2 is 1.56 bits per heavy atom. The first kappa shape index (κ1) is 45.2. The van der Waals surface area contributed by atoms with Gasteiger partial charge in [0.25, 0.3) is 5.08 Å². The van der Waals surface area contributed by atoms with Gasteiger partial charge in [0.05, 0.1) is 17.8 Å². The van der Waals surface area contributed by atoms with Gasteiger partial charge in [-0.3, -0.25) is 13.9 Å². The second-order valence-corrected chi connectivity index (χ2v) is 14.4. The first-order valence-electron chi connectivity index (χ1n) is 12.1. The fourth-order valence-corrected chi connectivity index (χ4v) is 7.62. The average molecular weight is 691 g/mol. The number of quaternary nitrogens is 1. The number of rotatable bonds is 15. The maximum atomic E-state index is 12.8. The topological polar surface area (TPSA) is 207 Å². The summed E-state index contributed by atoms with van der Waals surface area (Å²) in [5, 5.41) is 9.49. The molecule has 1 fully saturated rings. The molecule has 3 atom stereocenters. The van der Waals surface area contributed by atoms with Crippen LogP contribution in [0.2, 0.25) is 0 Å². The number of alkyl halides is 2. The monoisotopic (exact) mass is 690 g/mol. The molecule has 0 aliphatic heterocycles. The van der Waals surface area contributed by atoms with E-state index < -0.39 is 44.7 Å². The Labute approximate surface area is 316 Å². The van der Waals surface area contributed by atoms with Gasteiger partial charge in [0.2, 0.25) is 5.91 Å². The third-order valence-electron chi connectivity index (χ3n) is 7.18. The molecule has 19 heteroatoms. The van der Waals surface area contributed by atoms with Gasteiger partial charge in [-0.2, -0.15) is 0 Å². The molecular weight excluding hydrogens is 652 g/mol. The molecule has 0 heterocycles. The molecule has 12 nitrogen and oxygen atoms in total. The summed E-state index contributed by atoms with van der Waals surface area (Å²) < 4.78 is 23.2. The second-order valence-electron chi connectivity index (χ2n) is 9.65. The van der Waals surface area contributed by atoms with Gasteiger partial charge in [-0.15, -0.1) is 23.2 Å². The van der Waals surface area contributed by atoms with Crippen LogP contribution in [0.25, 0.3) is 0 Å². The van der Waals surface area contributed by atoms with Crippen molar-refractivity contribution >= 4 is 145 Å². The van der Waals surface area contributed by atoms with E-state index in [0.717, 1.165) is 12.0 Å². The van der Waals surface area contributed by atoms with E-state index in [2.05, 4.69) is 5.32 Å². The van der Waals surface area contributed by atoms with E-state index in [1.165, 1.54) is 0 Å². The molecule has 0 radical (unpaired) electrons. The average Bonchev–Trinajstić information content (AvgIpc) is 3.28. The van der Waals surface area contributed by atoms with Gasteiger partial charge in [0.15, 0.2) is 0 Å². The standard InChI is InChI=1S/C22H35Cl2N3O9P2.3Na.3H/c23-10-12-27(15-28,13-11-24)18-6-4-16(5-7-18)14-19(25)21(29)26-20-3-1-2-17(20)8-9-22(30,37(31,32)33)38(34,35)36;;;;;;/h4-7,15,17,19-20,30H,1-3,8-14,25H2,(H4-,26,29,31,32,33,34,35,36);;;;;;/p+1/t17?,19-,20?;;;;;;/m0....../s1. The van der Waals surface area contributed by atoms with Gasteiger partial charge in [-0.25, -0.2) is 9.28 Å². The van der Waals surface area contributed by atoms with Crippen LogP contribution in [0.5, 0.6) is 0 Å². The van der Waals surface area contributed by atoms with Crippen molar-refractivity contribution in [3.05, 3.63) is 29.8 Å². The molecule has 0 bridgehead atoms. The number of nitrogens with one attached hydrogen (secondary N) is 1. The van der Waals surface area contributed by atoms with E-state index in [-0.39, 0.29) is 124 Å². The van der Waals surface area contributed by atoms with E-state index in [4.69, 9.17) is 28.9 Å². The van der Waals surface area contributed by atoms with Crippen molar-refractivity contribution in [3.63, 3.8) is 0 Å². The van der Waals surface area contributed by atoms with E-state index in [9.17, 15) is 43.4 Å². The van der Waals surface area contributed by atoms with Crippen molar-refractivity contribution in [2.45, 2.75) is 55.7 Å². The maximum absolute atomic E-state index is 12.8. The van der Waals surface area contributed by atoms with Crippen molar-refractivity contribution in [1.82, 2.24) is 9.80 Å². The summed E-state index contributed by atoms with van der Waals surface area (Å²) in [6.07, 6.45) is 1.83. The van der Waals surface area contributed by atoms with Gasteiger partial charge in [0, 0.05) is 12.5 Å². The van der Waals surface area contributed by atoms with Crippen LogP contribution in [-0.4, -0.2) is 168 Å². The summed E-state index contributed by atoms with van der Waals surface area (Å²) >= 11 is 11.8. The number of amides is 2. The molecule has 2 unspecified atom stereocenters. The molecule has 2 amide bonds. The minimum absolute atomic E-state index is 0. The molecule has 1 saturated carbocycles. The van der Waals surface area contributed by atoms with E-state index in [1.807, 2.05) is 0 Å². The summed E-state index contributed by atoms with van der Waals surface area (Å²) in [6.45, 7) is 0.753. The summed E-state index contributed by atoms with van der Waals surface area (Å²) in [5.41, 5.74) is 7.59. The Balaban J connectivity index is 0. The van der Waals surface area contributed by atoms with Gasteiger partial charge >= 0.3 is 110 Å². The number of nitrogens with two attached hydrogens (primary N) is 1. The molecule has 1 aliphatic rings. The molecule has 222 valence electrons. The minimum atomic E-state index is -5.54. The van der Waals surface area contributed by atoms with Crippen molar-refractivity contribution in [1.29, 1.82) is 0 Å². The quantitative estimate of drug-likeness (QED) is 0.0417. The zero-order valence-corrected chi connectivity index (χ0v) is 24.0.